The summed E-state index contributed by atoms with van der Waals surface area (Å²) in [7, 11) is 0. The van der Waals surface area contributed by atoms with Gasteiger partial charge in [0.05, 0.1) is 0 Å². The predicted molar refractivity (Wildman–Crippen MR) is 270 cm³/mol. The summed E-state index contributed by atoms with van der Waals surface area (Å²) in [5.41, 5.74) is -2.96. The second-order valence-corrected chi connectivity index (χ2v) is 19.3. The molecule has 0 saturated carbocycles. The van der Waals surface area contributed by atoms with Crippen molar-refractivity contribution in [3.8, 4) is 0 Å². The van der Waals surface area contributed by atoms with E-state index < -0.39 is 45.5 Å². The minimum Gasteiger partial charge on any atom is -0.550 e. The quantitative estimate of drug-likeness (QED) is 0.0602. The topological polar surface area (TPSA) is 161 Å². The molecular weight excluding hydrogens is 1010 g/mol. The summed E-state index contributed by atoms with van der Waals surface area (Å²) in [4.78, 5) is 46.4. The molecule has 8 nitrogen and oxygen atoms in total. The maximum atomic E-state index is 11.6. The van der Waals surface area contributed by atoms with Gasteiger partial charge in [-0.25, -0.2) is 0 Å². The smallest absolute Gasteiger partial charge is 0.550 e. The largest absolute Gasteiger partial charge is 4.00 e. The van der Waals surface area contributed by atoms with Crippen LogP contribution in [-0.2, 0) is 19.2 Å². The van der Waals surface area contributed by atoms with Crippen molar-refractivity contribution in [3.63, 3.8) is 0 Å². The van der Waals surface area contributed by atoms with Crippen LogP contribution in [0.15, 0.2) is 0 Å². The molecular formula is C56H108O8Pb. The first-order valence-electron chi connectivity index (χ1n) is 26.8. The van der Waals surface area contributed by atoms with Gasteiger partial charge >= 0.3 is 27.3 Å². The molecule has 0 radical (unpaired) electrons. The number of carboxylic acids is 4. The Morgan fingerprint density at radius 3 is 0.400 bits per heavy atom. The summed E-state index contributed by atoms with van der Waals surface area (Å²) >= 11 is 0. The molecule has 0 rings (SSSR count). The van der Waals surface area contributed by atoms with Crippen molar-refractivity contribution < 1.29 is 39.6 Å². The molecule has 9 heteroatoms. The number of carboxylic acid groups (broad SMARTS) is 4. The van der Waals surface area contributed by atoms with Crippen molar-refractivity contribution >= 4 is 51.2 Å². The second-order valence-electron chi connectivity index (χ2n) is 19.3. The standard InChI is InChI=1S/4C14H28O2.Pb/c4*1-6-11-13(7-2,8-3)14(9-4,10-5)12(15)16;/h4*6-11H2,1-5H3,(H,15,16);/q;;;;+4/p-4. The van der Waals surface area contributed by atoms with Crippen molar-refractivity contribution in [1.29, 1.82) is 0 Å². The third kappa shape index (κ3) is 15.4. The van der Waals surface area contributed by atoms with Crippen LogP contribution in [-0.4, -0.2) is 51.2 Å². The van der Waals surface area contributed by atoms with Crippen molar-refractivity contribution in [2.75, 3.05) is 0 Å². The first kappa shape index (κ1) is 72.8. The number of aliphatic carboxylic acids is 4. The molecule has 65 heavy (non-hydrogen) atoms. The number of carbonyl (C=O) groups is 4. The average molecular weight is 1120 g/mol. The van der Waals surface area contributed by atoms with Crippen molar-refractivity contribution in [2.24, 2.45) is 43.3 Å². The molecule has 0 atom stereocenters. The van der Waals surface area contributed by atoms with Gasteiger partial charge < -0.3 is 39.6 Å². The summed E-state index contributed by atoms with van der Waals surface area (Å²) in [5, 5.41) is 46.4. The van der Waals surface area contributed by atoms with E-state index in [0.29, 0.717) is 51.4 Å². The van der Waals surface area contributed by atoms with Crippen LogP contribution in [0.4, 0.5) is 0 Å². The van der Waals surface area contributed by atoms with Gasteiger partial charge in [0.1, 0.15) is 0 Å². The van der Waals surface area contributed by atoms with E-state index in [0.717, 1.165) is 103 Å². The van der Waals surface area contributed by atoms with Gasteiger partial charge in [0, 0.05) is 45.5 Å². The van der Waals surface area contributed by atoms with E-state index in [1.165, 1.54) is 0 Å². The first-order valence-corrected chi connectivity index (χ1v) is 26.8. The van der Waals surface area contributed by atoms with E-state index >= 15 is 0 Å². The van der Waals surface area contributed by atoms with Gasteiger partial charge in [-0.2, -0.15) is 0 Å². The van der Waals surface area contributed by atoms with Crippen LogP contribution in [0.3, 0.4) is 0 Å². The summed E-state index contributed by atoms with van der Waals surface area (Å²) in [6.45, 7) is 41.3. The van der Waals surface area contributed by atoms with Gasteiger partial charge in [-0.1, -0.05) is 164 Å². The molecule has 0 bridgehead atoms. The van der Waals surface area contributed by atoms with Gasteiger partial charge in [0.2, 0.25) is 0 Å². The van der Waals surface area contributed by atoms with Crippen molar-refractivity contribution in [3.05, 3.63) is 0 Å². The minimum atomic E-state index is -0.852. The number of rotatable bonds is 32. The Hall–Kier alpha value is -1.20. The normalized spacial score (nSPS) is 12.6. The number of hydrogen-bond acceptors (Lipinski definition) is 8. The third-order valence-corrected chi connectivity index (χ3v) is 18.8. The van der Waals surface area contributed by atoms with Crippen LogP contribution >= 0.6 is 0 Å². The van der Waals surface area contributed by atoms with Crippen LogP contribution in [0.25, 0.3) is 0 Å². The van der Waals surface area contributed by atoms with E-state index in [4.69, 9.17) is 0 Å². The van der Waals surface area contributed by atoms with E-state index in [1.54, 1.807) is 0 Å². The zero-order chi connectivity index (χ0) is 51.3. The minimum absolute atomic E-state index is 0. The van der Waals surface area contributed by atoms with Crippen molar-refractivity contribution in [2.45, 2.75) is 293 Å². The van der Waals surface area contributed by atoms with Gasteiger partial charge in [0.25, 0.3) is 0 Å². The maximum absolute atomic E-state index is 11.6. The maximum Gasteiger partial charge on any atom is 4.00 e. The summed E-state index contributed by atoms with van der Waals surface area (Å²) in [6.07, 6.45) is 20.9. The molecule has 0 heterocycles. The van der Waals surface area contributed by atoms with E-state index in [1.807, 2.05) is 55.4 Å². The van der Waals surface area contributed by atoms with E-state index in [2.05, 4.69) is 83.1 Å². The molecule has 0 aliphatic heterocycles. The van der Waals surface area contributed by atoms with Gasteiger partial charge in [-0.05, 0) is 150 Å². The molecule has 0 saturated heterocycles. The Labute approximate surface area is 424 Å². The van der Waals surface area contributed by atoms with Crippen LogP contribution in [0, 0.1) is 43.3 Å². The Morgan fingerprint density at radius 2 is 0.354 bits per heavy atom. The zero-order valence-electron chi connectivity index (χ0n) is 46.7. The molecule has 0 spiro atoms. The summed E-state index contributed by atoms with van der Waals surface area (Å²) in [6, 6.07) is 0. The van der Waals surface area contributed by atoms with Crippen LogP contribution < -0.4 is 20.4 Å². The molecule has 0 amide bonds. The fraction of sp³-hybridized carbons (Fsp3) is 0.929. The summed E-state index contributed by atoms with van der Waals surface area (Å²) < 4.78 is 0. The molecule has 384 valence electrons. The van der Waals surface area contributed by atoms with Crippen LogP contribution in [0.2, 0.25) is 0 Å². The number of carbonyl (C=O) groups excluding carboxylic acids is 4. The monoisotopic (exact) mass is 1120 g/mol. The van der Waals surface area contributed by atoms with E-state index in [-0.39, 0.29) is 49.0 Å². The molecule has 0 aliphatic rings. The fourth-order valence-corrected chi connectivity index (χ4v) is 14.0. The molecule has 0 aliphatic carbocycles. The Morgan fingerprint density at radius 1 is 0.246 bits per heavy atom. The van der Waals surface area contributed by atoms with Crippen molar-refractivity contribution in [1.82, 2.24) is 0 Å². The fourth-order valence-electron chi connectivity index (χ4n) is 14.0. The Kier molecular flexibility index (Phi) is 39.2. The van der Waals surface area contributed by atoms with Gasteiger partial charge in [0.15, 0.2) is 0 Å². The zero-order valence-corrected chi connectivity index (χ0v) is 50.6. The average Bonchev–Trinajstić information content (AvgIpc) is 3.29. The third-order valence-electron chi connectivity index (χ3n) is 18.8. The Bertz CT molecular complexity index is 1050. The van der Waals surface area contributed by atoms with E-state index in [9.17, 15) is 39.6 Å². The molecule has 0 fully saturated rings. The molecule has 0 N–H and O–H groups in total. The molecule has 0 aromatic heterocycles. The second kappa shape index (κ2) is 35.0. The summed E-state index contributed by atoms with van der Waals surface area (Å²) in [5.74, 6) is -3.41. The molecule has 0 aromatic rings. The van der Waals surface area contributed by atoms with Gasteiger partial charge in [-0.15, -0.1) is 0 Å². The SMILES string of the molecule is CCCC(CC)(CC)C(CC)(CC)C(=O)[O-].CCCC(CC)(CC)C(CC)(CC)C(=O)[O-].CCCC(CC)(CC)C(CC)(CC)C(=O)[O-].CCCC(CC)(CC)C(CC)(CC)C(=O)[O-].[Pb+4]. The van der Waals surface area contributed by atoms with Crippen LogP contribution in [0.5, 0.6) is 0 Å². The Balaban J connectivity index is -0.000000245. The number of hydrogen-bond donors (Lipinski definition) is 0. The molecule has 0 unspecified atom stereocenters. The molecule has 0 aromatic carbocycles. The van der Waals surface area contributed by atoms with Gasteiger partial charge in [-0.3, -0.25) is 0 Å². The first-order chi connectivity index (χ1) is 30.0. The van der Waals surface area contributed by atoms with Crippen LogP contribution in [0.1, 0.15) is 293 Å². The predicted octanol–water partition coefficient (Wildman–Crippen LogP) is 12.2.